The second kappa shape index (κ2) is 8.96. The molecule has 0 amide bonds. The van der Waals surface area contributed by atoms with Crippen LogP contribution in [0.5, 0.6) is 5.75 Å². The zero-order valence-electron chi connectivity index (χ0n) is 16.9. The fourth-order valence-corrected chi connectivity index (χ4v) is 3.83. The zero-order chi connectivity index (χ0) is 20.1. The summed E-state index contributed by atoms with van der Waals surface area (Å²) in [5, 5.41) is 6.96. The summed E-state index contributed by atoms with van der Waals surface area (Å²) in [7, 11) is 1.73. The van der Waals surface area contributed by atoms with Crippen molar-refractivity contribution in [3.63, 3.8) is 0 Å². The van der Waals surface area contributed by atoms with Crippen LogP contribution in [0.4, 0.5) is 5.69 Å². The molecule has 0 bridgehead atoms. The molecule has 1 aromatic heterocycles. The molecule has 0 radical (unpaired) electrons. The van der Waals surface area contributed by atoms with E-state index in [0.29, 0.717) is 0 Å². The van der Waals surface area contributed by atoms with E-state index in [1.54, 1.807) is 7.11 Å². The van der Waals surface area contributed by atoms with Crippen LogP contribution in [-0.2, 0) is 0 Å². The highest BCUT2D eigenvalue weighted by molar-refractivity contribution is 5.97. The summed E-state index contributed by atoms with van der Waals surface area (Å²) in [4.78, 5) is 11.5. The molecule has 2 aliphatic rings. The van der Waals surface area contributed by atoms with Crippen molar-refractivity contribution in [2.75, 3.05) is 58.1 Å². The average molecular weight is 393 g/mol. The Morgan fingerprint density at radius 3 is 2.59 bits per heavy atom. The van der Waals surface area contributed by atoms with Gasteiger partial charge < -0.3 is 14.5 Å². The van der Waals surface area contributed by atoms with Crippen molar-refractivity contribution >= 4 is 11.5 Å². The van der Waals surface area contributed by atoms with Gasteiger partial charge in [-0.15, -0.1) is 6.58 Å². The van der Waals surface area contributed by atoms with Crippen molar-refractivity contribution in [2.24, 2.45) is 5.10 Å². The van der Waals surface area contributed by atoms with Gasteiger partial charge in [-0.1, -0.05) is 24.3 Å². The Labute approximate surface area is 172 Å². The number of ether oxygens (including phenoxy) is 1. The van der Waals surface area contributed by atoms with E-state index < -0.39 is 0 Å². The van der Waals surface area contributed by atoms with E-state index in [1.165, 1.54) is 5.69 Å². The topological polar surface area (TPSA) is 47.4 Å². The predicted octanol–water partition coefficient (Wildman–Crippen LogP) is 2.29. The number of hydrazone groups is 1. The Kier molecular flexibility index (Phi) is 5.95. The van der Waals surface area contributed by atoms with Gasteiger partial charge in [0.2, 0.25) is 0 Å². The van der Waals surface area contributed by atoms with Crippen molar-refractivity contribution in [3.05, 3.63) is 67.0 Å². The van der Waals surface area contributed by atoms with Gasteiger partial charge in [0.15, 0.2) is 5.84 Å². The van der Waals surface area contributed by atoms with E-state index in [1.807, 2.05) is 42.6 Å². The smallest absolute Gasteiger partial charge is 0.176 e. The van der Waals surface area contributed by atoms with Crippen molar-refractivity contribution in [3.8, 4) is 5.75 Å². The van der Waals surface area contributed by atoms with E-state index in [-0.39, 0.29) is 0 Å². The molecule has 0 spiro atoms. The number of hydrogen-bond acceptors (Lipinski definition) is 7. The quantitative estimate of drug-likeness (QED) is 0.674. The molecule has 7 heteroatoms. The molecule has 1 fully saturated rings. The summed E-state index contributed by atoms with van der Waals surface area (Å²) in [6, 6.07) is 14.2. The Balaban J connectivity index is 1.38. The number of methoxy groups -OCH3 is 1. The van der Waals surface area contributed by atoms with Crippen LogP contribution in [-0.4, -0.2) is 78.8 Å². The van der Waals surface area contributed by atoms with Gasteiger partial charge in [0.1, 0.15) is 18.1 Å². The van der Waals surface area contributed by atoms with Crippen LogP contribution in [0.3, 0.4) is 0 Å². The summed E-state index contributed by atoms with van der Waals surface area (Å²) in [5.41, 5.74) is 2.07. The van der Waals surface area contributed by atoms with E-state index in [2.05, 4.69) is 43.4 Å². The molecule has 0 saturated carbocycles. The molecule has 7 nitrogen and oxygen atoms in total. The number of anilines is 1. The van der Waals surface area contributed by atoms with Crippen molar-refractivity contribution in [2.45, 2.75) is 0 Å². The minimum absolute atomic E-state index is 0.755. The van der Waals surface area contributed by atoms with E-state index >= 15 is 0 Å². The molecule has 29 heavy (non-hydrogen) atoms. The van der Waals surface area contributed by atoms with Crippen molar-refractivity contribution < 1.29 is 4.74 Å². The van der Waals surface area contributed by atoms with Crippen LogP contribution in [0.15, 0.2) is 66.4 Å². The third-order valence-corrected chi connectivity index (χ3v) is 5.27. The SMILES string of the molecule is C=CCN1CN(CN2CCN(c3ccccc3OC)CC2)N=C1c1ccccn1. The fourth-order valence-electron chi connectivity index (χ4n) is 3.83. The van der Waals surface area contributed by atoms with Gasteiger partial charge in [-0.25, -0.2) is 0 Å². The molecular formula is C22H28N6O. The molecule has 1 saturated heterocycles. The number of rotatable bonds is 7. The maximum absolute atomic E-state index is 5.52. The maximum Gasteiger partial charge on any atom is 0.176 e. The molecule has 4 rings (SSSR count). The highest BCUT2D eigenvalue weighted by Gasteiger charge is 2.27. The predicted molar refractivity (Wildman–Crippen MR) is 116 cm³/mol. The molecule has 3 heterocycles. The van der Waals surface area contributed by atoms with Crippen LogP contribution < -0.4 is 9.64 Å². The van der Waals surface area contributed by atoms with Crippen LogP contribution in [0, 0.1) is 0 Å². The van der Waals surface area contributed by atoms with Gasteiger partial charge in [-0.3, -0.25) is 14.9 Å². The number of nitrogens with zero attached hydrogens (tertiary/aromatic N) is 6. The van der Waals surface area contributed by atoms with Gasteiger partial charge >= 0.3 is 0 Å². The summed E-state index contributed by atoms with van der Waals surface area (Å²) in [6.45, 7) is 10.1. The van der Waals surface area contributed by atoms with Crippen LogP contribution in [0.2, 0.25) is 0 Å². The van der Waals surface area contributed by atoms with E-state index in [9.17, 15) is 0 Å². The molecule has 2 aliphatic heterocycles. The van der Waals surface area contributed by atoms with Crippen LogP contribution in [0.25, 0.3) is 0 Å². The van der Waals surface area contributed by atoms with E-state index in [4.69, 9.17) is 9.84 Å². The first-order chi connectivity index (χ1) is 14.3. The molecule has 152 valence electrons. The van der Waals surface area contributed by atoms with E-state index in [0.717, 1.165) is 63.3 Å². The molecule has 2 aromatic rings. The number of aromatic nitrogens is 1. The summed E-state index contributed by atoms with van der Waals surface area (Å²) >= 11 is 0. The number of pyridine rings is 1. The largest absolute Gasteiger partial charge is 0.495 e. The molecule has 0 atom stereocenters. The third kappa shape index (κ3) is 4.35. The van der Waals surface area contributed by atoms with Gasteiger partial charge in [0.25, 0.3) is 0 Å². The second-order valence-corrected chi connectivity index (χ2v) is 7.22. The lowest BCUT2D eigenvalue weighted by Crippen LogP contribution is -2.49. The number of benzene rings is 1. The van der Waals surface area contributed by atoms with Gasteiger partial charge in [0, 0.05) is 38.9 Å². The minimum Gasteiger partial charge on any atom is -0.495 e. The average Bonchev–Trinajstić information content (AvgIpc) is 3.17. The van der Waals surface area contributed by atoms with Crippen LogP contribution in [0.1, 0.15) is 5.69 Å². The number of amidine groups is 1. The number of piperazine rings is 1. The van der Waals surface area contributed by atoms with Crippen molar-refractivity contribution in [1.82, 2.24) is 19.8 Å². The highest BCUT2D eigenvalue weighted by atomic mass is 16.5. The monoisotopic (exact) mass is 392 g/mol. The normalized spacial score (nSPS) is 17.4. The third-order valence-electron chi connectivity index (χ3n) is 5.27. The summed E-state index contributed by atoms with van der Waals surface area (Å²) < 4.78 is 5.52. The molecule has 1 aromatic carbocycles. The fraction of sp³-hybridized carbons (Fsp3) is 0.364. The lowest BCUT2D eigenvalue weighted by Gasteiger charge is -2.37. The molecular weight excluding hydrogens is 364 g/mol. The first-order valence-corrected chi connectivity index (χ1v) is 9.99. The van der Waals surface area contributed by atoms with Gasteiger partial charge in [0.05, 0.1) is 19.5 Å². The standard InChI is InChI=1S/C22H28N6O/c1-3-12-27-18-28(24-22(27)19-8-6-7-11-23-19)17-25-13-15-26(16-14-25)20-9-4-5-10-21(20)29-2/h3-11H,1,12-18H2,2H3. The summed E-state index contributed by atoms with van der Waals surface area (Å²) in [5.74, 6) is 1.85. The highest BCUT2D eigenvalue weighted by Crippen LogP contribution is 2.28. The lowest BCUT2D eigenvalue weighted by molar-refractivity contribution is 0.116. The minimum atomic E-state index is 0.755. The van der Waals surface area contributed by atoms with Crippen molar-refractivity contribution in [1.29, 1.82) is 0 Å². The second-order valence-electron chi connectivity index (χ2n) is 7.22. The van der Waals surface area contributed by atoms with Crippen LogP contribution >= 0.6 is 0 Å². The summed E-state index contributed by atoms with van der Waals surface area (Å²) in [6.07, 6.45) is 3.72. The molecule has 0 unspecified atom stereocenters. The molecule has 0 aliphatic carbocycles. The Morgan fingerprint density at radius 2 is 1.86 bits per heavy atom. The van der Waals surface area contributed by atoms with Gasteiger partial charge in [-0.05, 0) is 24.3 Å². The molecule has 0 N–H and O–H groups in total. The Hall–Kier alpha value is -3.06. The lowest BCUT2D eigenvalue weighted by atomic mass is 10.2. The first-order valence-electron chi connectivity index (χ1n) is 9.99. The first kappa shape index (κ1) is 19.3. The zero-order valence-corrected chi connectivity index (χ0v) is 16.9. The van der Waals surface area contributed by atoms with Gasteiger partial charge in [-0.2, -0.15) is 5.10 Å². The number of para-hydroxylation sites is 2. The maximum atomic E-state index is 5.52. The Bertz CT molecular complexity index is 847. The Morgan fingerprint density at radius 1 is 1.07 bits per heavy atom. The number of hydrogen-bond donors (Lipinski definition) is 0.